The van der Waals surface area contributed by atoms with Gasteiger partial charge in [0.25, 0.3) is 11.8 Å². The number of rotatable bonds is 5. The van der Waals surface area contributed by atoms with Crippen LogP contribution in [0.5, 0.6) is 5.75 Å². The van der Waals surface area contributed by atoms with Crippen molar-refractivity contribution in [3.63, 3.8) is 0 Å². The molecule has 146 valence electrons. The zero-order valence-electron chi connectivity index (χ0n) is 15.5. The van der Waals surface area contributed by atoms with E-state index in [2.05, 4.69) is 15.8 Å². The van der Waals surface area contributed by atoms with Gasteiger partial charge in [-0.1, -0.05) is 35.9 Å². The van der Waals surface area contributed by atoms with Gasteiger partial charge in [-0.3, -0.25) is 9.59 Å². The number of phenolic OH excluding ortho intramolecular Hbond substituents is 1. The van der Waals surface area contributed by atoms with Crippen LogP contribution in [0.25, 0.3) is 0 Å². The van der Waals surface area contributed by atoms with Crippen molar-refractivity contribution < 1.29 is 14.7 Å². The summed E-state index contributed by atoms with van der Waals surface area (Å²) in [4.78, 5) is 25.0. The maximum Gasteiger partial charge on any atom is 0.273 e. The Labute approximate surface area is 172 Å². The Morgan fingerprint density at radius 1 is 0.966 bits per heavy atom. The summed E-state index contributed by atoms with van der Waals surface area (Å²) >= 11 is 6.06. The second kappa shape index (κ2) is 9.03. The molecule has 0 spiro atoms. The third kappa shape index (κ3) is 5.00. The first-order valence-corrected chi connectivity index (χ1v) is 9.11. The van der Waals surface area contributed by atoms with E-state index in [1.807, 2.05) is 0 Å². The summed E-state index contributed by atoms with van der Waals surface area (Å²) in [5, 5.41) is 16.5. The molecule has 0 aliphatic carbocycles. The average molecular weight is 408 g/mol. The molecule has 0 fully saturated rings. The summed E-state index contributed by atoms with van der Waals surface area (Å²) in [6.45, 7) is 1.77. The zero-order valence-corrected chi connectivity index (χ0v) is 16.3. The Morgan fingerprint density at radius 3 is 2.38 bits per heavy atom. The molecular weight excluding hydrogens is 390 g/mol. The fourth-order valence-electron chi connectivity index (χ4n) is 2.61. The van der Waals surface area contributed by atoms with Crippen LogP contribution < -0.4 is 10.7 Å². The highest BCUT2D eigenvalue weighted by Gasteiger charge is 2.15. The minimum absolute atomic E-state index is 0.189. The van der Waals surface area contributed by atoms with Gasteiger partial charge in [0.15, 0.2) is 0 Å². The van der Waals surface area contributed by atoms with Crippen molar-refractivity contribution in [1.29, 1.82) is 0 Å². The molecule has 3 rings (SSSR count). The van der Waals surface area contributed by atoms with E-state index in [1.165, 1.54) is 6.21 Å². The summed E-state index contributed by atoms with van der Waals surface area (Å²) in [7, 11) is 0. The molecular formula is C22H18ClN3O3. The molecule has 0 aromatic heterocycles. The third-order valence-electron chi connectivity index (χ3n) is 4.14. The smallest absolute Gasteiger partial charge is 0.273 e. The van der Waals surface area contributed by atoms with Crippen molar-refractivity contribution >= 4 is 35.3 Å². The van der Waals surface area contributed by atoms with Crippen LogP contribution in [0.3, 0.4) is 0 Å². The maximum atomic E-state index is 12.5. The molecule has 3 aromatic carbocycles. The van der Waals surface area contributed by atoms with Crippen LogP contribution in [0.15, 0.2) is 71.8 Å². The number of nitrogens with zero attached hydrogens (tertiary/aromatic N) is 1. The average Bonchev–Trinajstić information content (AvgIpc) is 2.71. The van der Waals surface area contributed by atoms with Gasteiger partial charge in [-0.2, -0.15) is 5.10 Å². The first kappa shape index (κ1) is 20.1. The van der Waals surface area contributed by atoms with Gasteiger partial charge in [0.05, 0.1) is 28.1 Å². The second-order valence-electron chi connectivity index (χ2n) is 6.22. The van der Waals surface area contributed by atoms with Gasteiger partial charge in [-0.15, -0.1) is 0 Å². The van der Waals surface area contributed by atoms with Gasteiger partial charge < -0.3 is 10.4 Å². The topological polar surface area (TPSA) is 90.8 Å². The van der Waals surface area contributed by atoms with E-state index in [4.69, 9.17) is 11.6 Å². The molecule has 0 saturated carbocycles. The number of anilines is 1. The number of hydrazone groups is 1. The minimum atomic E-state index is -0.480. The van der Waals surface area contributed by atoms with Crippen molar-refractivity contribution in [2.75, 3.05) is 5.32 Å². The van der Waals surface area contributed by atoms with E-state index < -0.39 is 11.8 Å². The van der Waals surface area contributed by atoms with E-state index >= 15 is 0 Å². The molecule has 6 nitrogen and oxygen atoms in total. The van der Waals surface area contributed by atoms with Crippen molar-refractivity contribution in [3.05, 3.63) is 94.0 Å². The Hall–Kier alpha value is -3.64. The Kier molecular flexibility index (Phi) is 6.26. The van der Waals surface area contributed by atoms with Gasteiger partial charge in [-0.25, -0.2) is 5.43 Å². The number of halogens is 1. The van der Waals surface area contributed by atoms with Gasteiger partial charge in [0.2, 0.25) is 0 Å². The summed E-state index contributed by atoms with van der Waals surface area (Å²) < 4.78 is 0. The van der Waals surface area contributed by atoms with Crippen LogP contribution in [0.1, 0.15) is 31.8 Å². The number of carbonyl (C=O) groups excluding carboxylic acids is 2. The van der Waals surface area contributed by atoms with E-state index in [0.29, 0.717) is 21.8 Å². The van der Waals surface area contributed by atoms with Crippen LogP contribution in [0.4, 0.5) is 5.69 Å². The highest BCUT2D eigenvalue weighted by Crippen LogP contribution is 2.20. The molecule has 3 aromatic rings. The highest BCUT2D eigenvalue weighted by atomic mass is 35.5. The SMILES string of the molecule is Cc1cc(/C=N/NC(=O)c2ccccc2NC(=O)c2ccccc2Cl)ccc1O. The molecule has 0 unspecified atom stereocenters. The molecule has 7 heteroatoms. The predicted molar refractivity (Wildman–Crippen MR) is 114 cm³/mol. The van der Waals surface area contributed by atoms with Gasteiger partial charge >= 0.3 is 0 Å². The summed E-state index contributed by atoms with van der Waals surface area (Å²) in [6.07, 6.45) is 1.47. The number of hydrogen-bond acceptors (Lipinski definition) is 4. The zero-order chi connectivity index (χ0) is 20.8. The Morgan fingerprint density at radius 2 is 1.66 bits per heavy atom. The lowest BCUT2D eigenvalue weighted by molar-refractivity contribution is 0.0956. The number of aryl methyl sites for hydroxylation is 1. The number of carbonyl (C=O) groups is 2. The monoisotopic (exact) mass is 407 g/mol. The van der Waals surface area contributed by atoms with Crippen molar-refractivity contribution in [3.8, 4) is 5.75 Å². The number of hydrogen-bond donors (Lipinski definition) is 3. The molecule has 3 N–H and O–H groups in total. The van der Waals surface area contributed by atoms with Crippen molar-refractivity contribution in [1.82, 2.24) is 5.43 Å². The van der Waals surface area contributed by atoms with Crippen molar-refractivity contribution in [2.24, 2.45) is 5.10 Å². The lowest BCUT2D eigenvalue weighted by Crippen LogP contribution is -2.21. The largest absolute Gasteiger partial charge is 0.508 e. The summed E-state index contributed by atoms with van der Waals surface area (Å²) in [6, 6.07) is 18.2. The fraction of sp³-hybridized carbons (Fsp3) is 0.0455. The predicted octanol–water partition coefficient (Wildman–Crippen LogP) is 4.37. The first-order chi connectivity index (χ1) is 14.0. The molecule has 0 heterocycles. The standard InChI is InChI=1S/C22H18ClN3O3/c1-14-12-15(10-11-20(14)27)13-24-26-22(29)17-7-3-5-9-19(17)25-21(28)16-6-2-4-8-18(16)23/h2-13,27H,1H3,(H,25,28)(H,26,29)/b24-13+. The molecule has 0 atom stereocenters. The normalized spacial score (nSPS) is 10.7. The number of benzene rings is 3. The van der Waals surface area contributed by atoms with Crippen LogP contribution in [0.2, 0.25) is 5.02 Å². The number of amides is 2. The molecule has 0 aliphatic rings. The van der Waals surface area contributed by atoms with Crippen LogP contribution in [-0.2, 0) is 0 Å². The number of phenols is 1. The number of nitrogens with one attached hydrogen (secondary N) is 2. The summed E-state index contributed by atoms with van der Waals surface area (Å²) in [5.74, 6) is -0.708. The number of para-hydroxylation sites is 1. The van der Waals surface area contributed by atoms with E-state index in [0.717, 1.165) is 5.56 Å². The molecule has 29 heavy (non-hydrogen) atoms. The summed E-state index contributed by atoms with van der Waals surface area (Å²) in [5.41, 5.74) is 4.77. The fourth-order valence-corrected chi connectivity index (χ4v) is 2.83. The lowest BCUT2D eigenvalue weighted by atomic mass is 10.1. The van der Waals surface area contributed by atoms with Gasteiger partial charge in [0.1, 0.15) is 5.75 Å². The van der Waals surface area contributed by atoms with Gasteiger partial charge in [0, 0.05) is 0 Å². The third-order valence-corrected chi connectivity index (χ3v) is 4.47. The van der Waals surface area contributed by atoms with Crippen LogP contribution in [-0.4, -0.2) is 23.1 Å². The van der Waals surface area contributed by atoms with Crippen molar-refractivity contribution in [2.45, 2.75) is 6.92 Å². The molecule has 0 aliphatic heterocycles. The molecule has 0 saturated heterocycles. The maximum absolute atomic E-state index is 12.5. The molecule has 0 bridgehead atoms. The number of aromatic hydroxyl groups is 1. The Bertz CT molecular complexity index is 1100. The Balaban J connectivity index is 1.73. The molecule has 2 amide bonds. The minimum Gasteiger partial charge on any atom is -0.508 e. The van der Waals surface area contributed by atoms with Gasteiger partial charge in [-0.05, 0) is 60.5 Å². The molecule has 0 radical (unpaired) electrons. The van der Waals surface area contributed by atoms with Crippen LogP contribution >= 0.6 is 11.6 Å². The quantitative estimate of drug-likeness (QED) is 0.433. The first-order valence-electron chi connectivity index (χ1n) is 8.73. The lowest BCUT2D eigenvalue weighted by Gasteiger charge is -2.10. The second-order valence-corrected chi connectivity index (χ2v) is 6.63. The van der Waals surface area contributed by atoms with E-state index in [1.54, 1.807) is 73.7 Å². The highest BCUT2D eigenvalue weighted by molar-refractivity contribution is 6.34. The van der Waals surface area contributed by atoms with E-state index in [9.17, 15) is 14.7 Å². The van der Waals surface area contributed by atoms with E-state index in [-0.39, 0.29) is 11.3 Å². The van der Waals surface area contributed by atoms with Crippen LogP contribution in [0, 0.1) is 6.92 Å².